The third kappa shape index (κ3) is 7.50. The summed E-state index contributed by atoms with van der Waals surface area (Å²) in [7, 11) is 0. The maximum atomic E-state index is 13.3. The molecule has 0 unspecified atom stereocenters. The lowest BCUT2D eigenvalue weighted by molar-refractivity contribution is 0.0949. The second-order valence-corrected chi connectivity index (χ2v) is 11.3. The highest BCUT2D eigenvalue weighted by Crippen LogP contribution is 2.30. The van der Waals surface area contributed by atoms with E-state index >= 15 is 0 Å². The van der Waals surface area contributed by atoms with Crippen LogP contribution in [0.15, 0.2) is 83.3 Å². The molecule has 0 saturated carbocycles. The van der Waals surface area contributed by atoms with Gasteiger partial charge in [0.15, 0.2) is 5.76 Å². The van der Waals surface area contributed by atoms with Gasteiger partial charge in [-0.25, -0.2) is 0 Å². The van der Waals surface area contributed by atoms with Gasteiger partial charge in [-0.1, -0.05) is 56.3 Å². The SMILES string of the molecule is CCN(CC)Cc1cccc(CNC(=O)c2ccc(N3CCN(c4ccccc4C)CC3)c(NC(=O)c3ccc(C)o3)c2)c1. The second kappa shape index (κ2) is 14.3. The number of carbonyl (C=O) groups is 2. The number of aryl methyl sites for hydroxylation is 2. The number of nitrogens with zero attached hydrogens (tertiary/aromatic N) is 3. The summed E-state index contributed by atoms with van der Waals surface area (Å²) >= 11 is 0. The highest BCUT2D eigenvalue weighted by molar-refractivity contribution is 6.05. The Morgan fingerprint density at radius 3 is 2.16 bits per heavy atom. The molecule has 4 aromatic rings. The number of rotatable bonds is 11. The van der Waals surface area contributed by atoms with Crippen molar-refractivity contribution < 1.29 is 14.0 Å². The number of para-hydroxylation sites is 1. The van der Waals surface area contributed by atoms with E-state index in [9.17, 15) is 9.59 Å². The van der Waals surface area contributed by atoms with Crippen LogP contribution in [0.25, 0.3) is 0 Å². The molecule has 2 amide bonds. The summed E-state index contributed by atoms with van der Waals surface area (Å²) < 4.78 is 5.58. The van der Waals surface area contributed by atoms with Gasteiger partial charge in [0.25, 0.3) is 11.8 Å². The number of furan rings is 1. The molecule has 44 heavy (non-hydrogen) atoms. The zero-order valence-electron chi connectivity index (χ0n) is 26.2. The summed E-state index contributed by atoms with van der Waals surface area (Å²) in [5, 5.41) is 6.09. The fourth-order valence-corrected chi connectivity index (χ4v) is 5.73. The van der Waals surface area contributed by atoms with E-state index in [0.717, 1.165) is 57.1 Å². The standard InChI is InChI=1S/C36H43N5O3/c1-5-39(6-2)25-29-12-9-11-28(22-29)24-37-35(42)30-15-16-33(31(23-30)38-36(43)34-17-14-27(4)44-34)41-20-18-40(19-21-41)32-13-8-7-10-26(32)3/h7-17,22-23H,5-6,18-21,24-25H2,1-4H3,(H,37,42)(H,38,43). The quantitative estimate of drug-likeness (QED) is 0.214. The Morgan fingerprint density at radius 1 is 0.773 bits per heavy atom. The van der Waals surface area contributed by atoms with Gasteiger partial charge in [0.2, 0.25) is 0 Å². The van der Waals surface area contributed by atoms with Gasteiger partial charge in [0.05, 0.1) is 11.4 Å². The third-order valence-electron chi connectivity index (χ3n) is 8.29. The molecule has 8 heteroatoms. The maximum absolute atomic E-state index is 13.3. The van der Waals surface area contributed by atoms with Crippen LogP contribution in [0.2, 0.25) is 0 Å². The summed E-state index contributed by atoms with van der Waals surface area (Å²) in [6.07, 6.45) is 0. The van der Waals surface area contributed by atoms with Crippen LogP contribution in [-0.2, 0) is 13.1 Å². The maximum Gasteiger partial charge on any atom is 0.291 e. The molecule has 1 aliphatic heterocycles. The van der Waals surface area contributed by atoms with Crippen LogP contribution in [-0.4, -0.2) is 56.0 Å². The van der Waals surface area contributed by atoms with Gasteiger partial charge >= 0.3 is 0 Å². The van der Waals surface area contributed by atoms with Crippen LogP contribution >= 0.6 is 0 Å². The zero-order chi connectivity index (χ0) is 31.1. The van der Waals surface area contributed by atoms with Crippen molar-refractivity contribution >= 4 is 28.9 Å². The van der Waals surface area contributed by atoms with E-state index in [4.69, 9.17) is 4.42 Å². The van der Waals surface area contributed by atoms with E-state index in [1.165, 1.54) is 16.8 Å². The largest absolute Gasteiger partial charge is 0.456 e. The summed E-state index contributed by atoms with van der Waals surface area (Å²) in [5.74, 6) is 0.356. The molecule has 0 spiro atoms. The van der Waals surface area contributed by atoms with Crippen LogP contribution < -0.4 is 20.4 Å². The van der Waals surface area contributed by atoms with Gasteiger partial charge in [-0.3, -0.25) is 14.5 Å². The van der Waals surface area contributed by atoms with Crippen molar-refractivity contribution in [2.45, 2.75) is 40.8 Å². The summed E-state index contributed by atoms with van der Waals surface area (Å²) in [5.41, 5.74) is 6.73. The Kier molecular flexibility index (Phi) is 10.0. The number of hydrogen-bond acceptors (Lipinski definition) is 6. The molecule has 1 aromatic heterocycles. The van der Waals surface area contributed by atoms with Crippen LogP contribution in [0.4, 0.5) is 17.1 Å². The fraction of sp³-hybridized carbons (Fsp3) is 0.333. The van der Waals surface area contributed by atoms with Gasteiger partial charge in [-0.15, -0.1) is 0 Å². The molecule has 5 rings (SSSR count). The topological polar surface area (TPSA) is 81.1 Å². The van der Waals surface area contributed by atoms with Crippen molar-refractivity contribution in [3.63, 3.8) is 0 Å². The molecular weight excluding hydrogens is 550 g/mol. The first kappa shape index (κ1) is 30.9. The fourth-order valence-electron chi connectivity index (χ4n) is 5.73. The monoisotopic (exact) mass is 593 g/mol. The van der Waals surface area contributed by atoms with Crippen molar-refractivity contribution in [3.8, 4) is 0 Å². The lowest BCUT2D eigenvalue weighted by Gasteiger charge is -2.38. The molecule has 2 N–H and O–H groups in total. The Bertz CT molecular complexity index is 1580. The first-order chi connectivity index (χ1) is 21.3. The third-order valence-corrected chi connectivity index (χ3v) is 8.29. The normalized spacial score (nSPS) is 13.3. The molecule has 2 heterocycles. The summed E-state index contributed by atoms with van der Waals surface area (Å²) in [6, 6.07) is 25.7. The highest BCUT2D eigenvalue weighted by Gasteiger charge is 2.23. The molecule has 8 nitrogen and oxygen atoms in total. The Labute approximate surface area is 260 Å². The molecule has 3 aromatic carbocycles. The lowest BCUT2D eigenvalue weighted by Crippen LogP contribution is -2.47. The van der Waals surface area contributed by atoms with Crippen molar-refractivity contribution in [2.24, 2.45) is 0 Å². The molecule has 0 radical (unpaired) electrons. The first-order valence-corrected chi connectivity index (χ1v) is 15.5. The smallest absolute Gasteiger partial charge is 0.291 e. The number of anilines is 3. The summed E-state index contributed by atoms with van der Waals surface area (Å²) in [6.45, 7) is 14.8. The minimum Gasteiger partial charge on any atom is -0.456 e. The lowest BCUT2D eigenvalue weighted by atomic mass is 10.1. The number of benzene rings is 3. The minimum absolute atomic E-state index is 0.195. The van der Waals surface area contributed by atoms with E-state index in [1.54, 1.807) is 25.1 Å². The molecular formula is C36H43N5O3. The van der Waals surface area contributed by atoms with Crippen LogP contribution in [0, 0.1) is 13.8 Å². The summed E-state index contributed by atoms with van der Waals surface area (Å²) in [4.78, 5) is 33.5. The van der Waals surface area contributed by atoms with Gasteiger partial charge < -0.3 is 24.9 Å². The number of amides is 2. The van der Waals surface area contributed by atoms with Crippen LogP contribution in [0.1, 0.15) is 57.2 Å². The van der Waals surface area contributed by atoms with E-state index in [2.05, 4.69) is 82.5 Å². The average Bonchev–Trinajstić information content (AvgIpc) is 3.49. The number of nitrogens with one attached hydrogen (secondary N) is 2. The van der Waals surface area contributed by atoms with Crippen molar-refractivity contribution in [3.05, 3.63) is 113 Å². The zero-order valence-corrected chi connectivity index (χ0v) is 26.2. The molecule has 1 fully saturated rings. The Balaban J connectivity index is 1.32. The van der Waals surface area contributed by atoms with Crippen molar-refractivity contribution in [2.75, 3.05) is 54.4 Å². The van der Waals surface area contributed by atoms with Crippen LogP contribution in [0.5, 0.6) is 0 Å². The Hall–Kier alpha value is -4.56. The van der Waals surface area contributed by atoms with Gasteiger partial charge in [0.1, 0.15) is 5.76 Å². The van der Waals surface area contributed by atoms with Crippen LogP contribution in [0.3, 0.4) is 0 Å². The molecule has 0 aliphatic carbocycles. The van der Waals surface area contributed by atoms with E-state index in [1.807, 2.05) is 24.3 Å². The van der Waals surface area contributed by atoms with E-state index < -0.39 is 0 Å². The Morgan fingerprint density at radius 2 is 1.48 bits per heavy atom. The van der Waals surface area contributed by atoms with Crippen molar-refractivity contribution in [1.29, 1.82) is 0 Å². The van der Waals surface area contributed by atoms with E-state index in [0.29, 0.717) is 23.6 Å². The first-order valence-electron chi connectivity index (χ1n) is 15.5. The number of piperazine rings is 1. The van der Waals surface area contributed by atoms with E-state index in [-0.39, 0.29) is 17.6 Å². The average molecular weight is 594 g/mol. The predicted octanol–water partition coefficient (Wildman–Crippen LogP) is 6.25. The van der Waals surface area contributed by atoms with Gasteiger partial charge in [-0.05, 0) is 80.0 Å². The predicted molar refractivity (Wildman–Crippen MR) is 178 cm³/mol. The molecule has 0 atom stereocenters. The highest BCUT2D eigenvalue weighted by atomic mass is 16.3. The number of carbonyl (C=O) groups excluding carboxylic acids is 2. The van der Waals surface area contributed by atoms with Crippen molar-refractivity contribution in [1.82, 2.24) is 10.2 Å². The van der Waals surface area contributed by atoms with Gasteiger partial charge in [0, 0.05) is 50.5 Å². The minimum atomic E-state index is -0.347. The molecule has 230 valence electrons. The second-order valence-electron chi connectivity index (χ2n) is 11.3. The molecule has 0 bridgehead atoms. The number of hydrogen-bond donors (Lipinski definition) is 2. The van der Waals surface area contributed by atoms with Gasteiger partial charge in [-0.2, -0.15) is 0 Å². The molecule has 1 saturated heterocycles. The molecule has 1 aliphatic rings.